The zero-order valence-corrected chi connectivity index (χ0v) is 14.1. The summed E-state index contributed by atoms with van der Waals surface area (Å²) in [6.45, 7) is 0.984. The first kappa shape index (κ1) is 18.5. The van der Waals surface area contributed by atoms with Gasteiger partial charge in [0.05, 0.1) is 57.0 Å². The SMILES string of the molecule is CS(=O)(=O)OCCOCCOCCN1C(=O)c2ccccc2C1=O. The molecule has 8 nitrogen and oxygen atoms in total. The van der Waals surface area contributed by atoms with Gasteiger partial charge in [-0.2, -0.15) is 8.42 Å². The van der Waals surface area contributed by atoms with E-state index in [1.807, 2.05) is 0 Å². The van der Waals surface area contributed by atoms with E-state index in [0.29, 0.717) is 11.1 Å². The van der Waals surface area contributed by atoms with Gasteiger partial charge < -0.3 is 9.47 Å². The van der Waals surface area contributed by atoms with E-state index in [1.165, 1.54) is 0 Å². The number of fused-ring (bicyclic) bond motifs is 1. The summed E-state index contributed by atoms with van der Waals surface area (Å²) in [7, 11) is -3.45. The van der Waals surface area contributed by atoms with Gasteiger partial charge in [0.1, 0.15) is 0 Å². The van der Waals surface area contributed by atoms with Crippen LogP contribution in [-0.4, -0.2) is 71.0 Å². The van der Waals surface area contributed by atoms with E-state index in [0.717, 1.165) is 11.2 Å². The van der Waals surface area contributed by atoms with Crippen molar-refractivity contribution in [2.75, 3.05) is 45.8 Å². The van der Waals surface area contributed by atoms with Gasteiger partial charge in [-0.1, -0.05) is 12.1 Å². The molecular weight excluding hydrogens is 338 g/mol. The van der Waals surface area contributed by atoms with E-state index in [4.69, 9.17) is 9.47 Å². The van der Waals surface area contributed by atoms with Crippen molar-refractivity contribution in [3.8, 4) is 0 Å². The molecule has 0 aromatic heterocycles. The Morgan fingerprint density at radius 2 is 1.38 bits per heavy atom. The number of rotatable bonds is 10. The maximum absolute atomic E-state index is 12.1. The molecule has 0 radical (unpaired) electrons. The first-order valence-corrected chi connectivity index (χ1v) is 9.17. The van der Waals surface area contributed by atoms with Crippen LogP contribution >= 0.6 is 0 Å². The van der Waals surface area contributed by atoms with Crippen LogP contribution in [0.4, 0.5) is 0 Å². The van der Waals surface area contributed by atoms with Crippen LogP contribution in [0.3, 0.4) is 0 Å². The van der Waals surface area contributed by atoms with Crippen molar-refractivity contribution in [3.63, 3.8) is 0 Å². The second-order valence-electron chi connectivity index (χ2n) is 5.06. The number of hydrogen-bond donors (Lipinski definition) is 0. The summed E-state index contributed by atoms with van der Waals surface area (Å²) in [4.78, 5) is 25.3. The van der Waals surface area contributed by atoms with Crippen LogP contribution in [0.5, 0.6) is 0 Å². The average Bonchev–Trinajstić information content (AvgIpc) is 2.77. The maximum atomic E-state index is 12.1. The first-order chi connectivity index (χ1) is 11.4. The van der Waals surface area contributed by atoms with Gasteiger partial charge in [-0.3, -0.25) is 18.7 Å². The average molecular weight is 357 g/mol. The van der Waals surface area contributed by atoms with Crippen molar-refractivity contribution >= 4 is 21.9 Å². The van der Waals surface area contributed by atoms with Crippen LogP contribution in [-0.2, 0) is 23.8 Å². The third-order valence-electron chi connectivity index (χ3n) is 3.23. The number of imide groups is 1. The third-order valence-corrected chi connectivity index (χ3v) is 3.83. The molecule has 9 heteroatoms. The van der Waals surface area contributed by atoms with Gasteiger partial charge in [0.2, 0.25) is 0 Å². The summed E-state index contributed by atoms with van der Waals surface area (Å²) in [5.41, 5.74) is 0.827. The van der Waals surface area contributed by atoms with Crippen LogP contribution in [0.2, 0.25) is 0 Å². The quantitative estimate of drug-likeness (QED) is 0.337. The van der Waals surface area contributed by atoms with Crippen molar-refractivity contribution in [1.82, 2.24) is 4.90 Å². The molecule has 0 atom stereocenters. The predicted molar refractivity (Wildman–Crippen MR) is 84.2 cm³/mol. The Morgan fingerprint density at radius 3 is 1.92 bits per heavy atom. The van der Waals surface area contributed by atoms with Crippen molar-refractivity contribution in [1.29, 1.82) is 0 Å². The number of hydrogen-bond acceptors (Lipinski definition) is 7. The molecule has 2 amide bonds. The van der Waals surface area contributed by atoms with Crippen molar-refractivity contribution in [3.05, 3.63) is 35.4 Å². The number of carbonyl (C=O) groups excluding carboxylic acids is 2. The molecule has 0 spiro atoms. The van der Waals surface area contributed by atoms with Gasteiger partial charge in [0, 0.05) is 0 Å². The fourth-order valence-electron chi connectivity index (χ4n) is 2.16. The Kier molecular flexibility index (Phi) is 6.44. The standard InChI is InChI=1S/C15H19NO7S/c1-24(19,20)23-11-10-22-9-8-21-7-6-16-14(17)12-4-2-3-5-13(12)15(16)18/h2-5H,6-11H2,1H3. The molecule has 24 heavy (non-hydrogen) atoms. The lowest BCUT2D eigenvalue weighted by atomic mass is 10.1. The van der Waals surface area contributed by atoms with Crippen LogP contribution in [0.25, 0.3) is 0 Å². The summed E-state index contributed by atoms with van der Waals surface area (Å²) in [5, 5.41) is 0. The highest BCUT2D eigenvalue weighted by Crippen LogP contribution is 2.21. The Labute approximate surface area is 140 Å². The van der Waals surface area contributed by atoms with E-state index >= 15 is 0 Å². The van der Waals surface area contributed by atoms with E-state index in [1.54, 1.807) is 24.3 Å². The molecule has 0 fully saturated rings. The molecule has 1 aliphatic rings. The Balaban J connectivity index is 1.59. The summed E-state index contributed by atoms with van der Waals surface area (Å²) in [6, 6.07) is 6.69. The zero-order valence-electron chi connectivity index (χ0n) is 13.3. The molecule has 0 N–H and O–H groups in total. The second-order valence-corrected chi connectivity index (χ2v) is 6.70. The number of ether oxygens (including phenoxy) is 2. The summed E-state index contributed by atoms with van der Waals surface area (Å²) in [6.07, 6.45) is 0.968. The molecular formula is C15H19NO7S. The molecule has 1 heterocycles. The second kappa shape index (κ2) is 8.34. The molecule has 132 valence electrons. The van der Waals surface area contributed by atoms with Gasteiger partial charge in [-0.05, 0) is 12.1 Å². The minimum Gasteiger partial charge on any atom is -0.377 e. The van der Waals surface area contributed by atoms with Gasteiger partial charge >= 0.3 is 0 Å². The molecule has 1 aromatic carbocycles. The lowest BCUT2D eigenvalue weighted by Crippen LogP contribution is -2.33. The summed E-state index contributed by atoms with van der Waals surface area (Å²) < 4.78 is 36.4. The van der Waals surface area contributed by atoms with Gasteiger partial charge in [-0.15, -0.1) is 0 Å². The third kappa shape index (κ3) is 5.10. The number of nitrogens with zero attached hydrogens (tertiary/aromatic N) is 1. The fraction of sp³-hybridized carbons (Fsp3) is 0.467. The number of amides is 2. The zero-order chi connectivity index (χ0) is 17.6. The lowest BCUT2D eigenvalue weighted by molar-refractivity contribution is 0.0287. The molecule has 0 saturated heterocycles. The summed E-state index contributed by atoms with van der Waals surface area (Å²) in [5.74, 6) is -0.623. The van der Waals surface area contributed by atoms with Crippen molar-refractivity contribution < 1.29 is 31.7 Å². The molecule has 0 unspecified atom stereocenters. The predicted octanol–water partition coefficient (Wildman–Crippen LogP) is 0.292. The smallest absolute Gasteiger partial charge is 0.264 e. The molecule has 1 aromatic rings. The number of benzene rings is 1. The van der Waals surface area contributed by atoms with E-state index in [2.05, 4.69) is 4.18 Å². The van der Waals surface area contributed by atoms with Crippen LogP contribution in [0.15, 0.2) is 24.3 Å². The van der Waals surface area contributed by atoms with Crippen molar-refractivity contribution in [2.24, 2.45) is 0 Å². The molecule has 0 aliphatic carbocycles. The van der Waals surface area contributed by atoms with Gasteiger partial charge in [0.15, 0.2) is 0 Å². The van der Waals surface area contributed by atoms with Gasteiger partial charge in [-0.25, -0.2) is 0 Å². The van der Waals surface area contributed by atoms with E-state index in [-0.39, 0.29) is 51.4 Å². The highest BCUT2D eigenvalue weighted by molar-refractivity contribution is 7.85. The molecule has 1 aliphatic heterocycles. The highest BCUT2D eigenvalue weighted by Gasteiger charge is 2.34. The minimum absolute atomic E-state index is 0.0477. The first-order valence-electron chi connectivity index (χ1n) is 7.35. The Bertz CT molecular complexity index is 667. The topological polar surface area (TPSA) is 99.2 Å². The highest BCUT2D eigenvalue weighted by atomic mass is 32.2. The monoisotopic (exact) mass is 357 g/mol. The van der Waals surface area contributed by atoms with Crippen LogP contribution in [0, 0.1) is 0 Å². The largest absolute Gasteiger partial charge is 0.377 e. The number of carbonyl (C=O) groups is 2. The van der Waals surface area contributed by atoms with Gasteiger partial charge in [0.25, 0.3) is 21.9 Å². The Morgan fingerprint density at radius 1 is 0.875 bits per heavy atom. The normalized spacial score (nSPS) is 14.3. The minimum atomic E-state index is -3.45. The van der Waals surface area contributed by atoms with Crippen molar-refractivity contribution in [2.45, 2.75) is 0 Å². The van der Waals surface area contributed by atoms with Crippen LogP contribution in [0.1, 0.15) is 20.7 Å². The van der Waals surface area contributed by atoms with E-state index < -0.39 is 10.1 Å². The lowest BCUT2D eigenvalue weighted by Gasteiger charge is -2.13. The summed E-state index contributed by atoms with van der Waals surface area (Å²) >= 11 is 0. The van der Waals surface area contributed by atoms with E-state index in [9.17, 15) is 18.0 Å². The Hall–Kier alpha value is -1.81. The fourth-order valence-corrected chi connectivity index (χ4v) is 2.54. The molecule has 0 bridgehead atoms. The maximum Gasteiger partial charge on any atom is 0.264 e. The molecule has 2 rings (SSSR count). The van der Waals surface area contributed by atoms with Crippen LogP contribution < -0.4 is 0 Å². The molecule has 0 saturated carbocycles.